The number of unbranched alkanes of at least 4 members (excludes halogenated alkanes) is 35. The maximum absolute atomic E-state index is 11.7. The van der Waals surface area contributed by atoms with Gasteiger partial charge in [0.25, 0.3) is 0 Å². The lowest BCUT2D eigenvalue weighted by Crippen LogP contribution is -2.05. The summed E-state index contributed by atoms with van der Waals surface area (Å²) in [7, 11) is 0. The van der Waals surface area contributed by atoms with Crippen LogP contribution in [0, 0.1) is 0 Å². The Labute approximate surface area is 279 Å². The molecule has 0 unspecified atom stereocenters. The van der Waals surface area contributed by atoms with E-state index in [1.807, 2.05) is 0 Å². The highest BCUT2D eigenvalue weighted by atomic mass is 16.5. The predicted octanol–water partition coefficient (Wildman–Crippen LogP) is 15.4. The van der Waals surface area contributed by atoms with E-state index in [1.54, 1.807) is 0 Å². The smallest absolute Gasteiger partial charge is 0.305 e. The third-order valence-electron chi connectivity index (χ3n) is 9.75. The molecule has 0 fully saturated rings. The van der Waals surface area contributed by atoms with Crippen molar-refractivity contribution in [1.29, 1.82) is 0 Å². The molecule has 0 aliphatic rings. The van der Waals surface area contributed by atoms with E-state index in [-0.39, 0.29) is 5.97 Å². The van der Waals surface area contributed by atoms with Gasteiger partial charge >= 0.3 is 5.97 Å². The fourth-order valence-corrected chi connectivity index (χ4v) is 6.61. The summed E-state index contributed by atoms with van der Waals surface area (Å²) in [6.07, 6.45) is 52.4. The Kier molecular flexibility index (Phi) is 40.0. The first-order chi connectivity index (χ1) is 21.8. The van der Waals surface area contributed by atoms with Gasteiger partial charge in [-0.15, -0.1) is 0 Å². The minimum absolute atomic E-state index is 0.0160. The minimum atomic E-state index is 0.0160. The molecule has 0 spiro atoms. The largest absolute Gasteiger partial charge is 0.466 e. The summed E-state index contributed by atoms with van der Waals surface area (Å²) in [4.78, 5) is 11.7. The molecule has 0 rings (SSSR count). The van der Waals surface area contributed by atoms with Crippen molar-refractivity contribution in [2.24, 2.45) is 0 Å². The Bertz CT molecular complexity index is 516. The summed E-state index contributed by atoms with van der Waals surface area (Å²) in [5.41, 5.74) is 0. The lowest BCUT2D eigenvalue weighted by atomic mass is 10.0. The molecular formula is C42H84O2. The molecule has 0 saturated carbocycles. The van der Waals surface area contributed by atoms with E-state index in [1.165, 1.54) is 225 Å². The van der Waals surface area contributed by atoms with E-state index in [9.17, 15) is 4.79 Å². The van der Waals surface area contributed by atoms with Crippen LogP contribution in [-0.2, 0) is 9.53 Å². The quantitative estimate of drug-likeness (QED) is 0.0505. The molecule has 0 amide bonds. The molecule has 0 bridgehead atoms. The number of carbonyl (C=O) groups is 1. The zero-order chi connectivity index (χ0) is 31.9. The van der Waals surface area contributed by atoms with Crippen molar-refractivity contribution in [3.8, 4) is 0 Å². The second-order valence-corrected chi connectivity index (χ2v) is 14.3. The topological polar surface area (TPSA) is 26.3 Å². The number of esters is 1. The van der Waals surface area contributed by atoms with Crippen LogP contribution >= 0.6 is 0 Å². The molecule has 264 valence electrons. The molecule has 0 N–H and O–H groups in total. The van der Waals surface area contributed by atoms with Crippen molar-refractivity contribution in [3.63, 3.8) is 0 Å². The highest BCUT2D eigenvalue weighted by Gasteiger charge is 2.02. The van der Waals surface area contributed by atoms with Gasteiger partial charge in [-0.25, -0.2) is 0 Å². The predicted molar refractivity (Wildman–Crippen MR) is 198 cm³/mol. The average molecular weight is 621 g/mol. The van der Waals surface area contributed by atoms with E-state index >= 15 is 0 Å². The van der Waals surface area contributed by atoms with E-state index in [4.69, 9.17) is 4.74 Å². The normalized spacial score (nSPS) is 11.4. The lowest BCUT2D eigenvalue weighted by molar-refractivity contribution is -0.143. The first kappa shape index (κ1) is 43.5. The van der Waals surface area contributed by atoms with Crippen LogP contribution in [0.25, 0.3) is 0 Å². The van der Waals surface area contributed by atoms with Gasteiger partial charge in [0, 0.05) is 6.42 Å². The Morgan fingerprint density at radius 3 is 0.750 bits per heavy atom. The molecule has 0 aliphatic carbocycles. The molecule has 0 aliphatic heterocycles. The zero-order valence-electron chi connectivity index (χ0n) is 30.9. The number of rotatable bonds is 39. The Morgan fingerprint density at radius 1 is 0.295 bits per heavy atom. The van der Waals surface area contributed by atoms with Gasteiger partial charge < -0.3 is 4.74 Å². The summed E-state index contributed by atoms with van der Waals surface area (Å²) < 4.78 is 5.38. The van der Waals surface area contributed by atoms with Crippen molar-refractivity contribution in [3.05, 3.63) is 0 Å². The van der Waals surface area contributed by atoms with Crippen molar-refractivity contribution >= 4 is 5.97 Å². The molecule has 0 aromatic heterocycles. The van der Waals surface area contributed by atoms with Crippen LogP contribution < -0.4 is 0 Å². The van der Waals surface area contributed by atoms with E-state index in [0.29, 0.717) is 13.0 Å². The van der Waals surface area contributed by atoms with E-state index in [2.05, 4.69) is 13.8 Å². The van der Waals surface area contributed by atoms with Crippen LogP contribution in [0.5, 0.6) is 0 Å². The SMILES string of the molecule is CCCCCCCCCCCCCCCCCCCCCCCCCCCCCCCCCCOC(=O)CCCCCCC. The van der Waals surface area contributed by atoms with Gasteiger partial charge in [-0.05, 0) is 12.8 Å². The third kappa shape index (κ3) is 39.5. The second-order valence-electron chi connectivity index (χ2n) is 14.3. The molecule has 0 heterocycles. The van der Waals surface area contributed by atoms with E-state index in [0.717, 1.165) is 12.8 Å². The fourth-order valence-electron chi connectivity index (χ4n) is 6.61. The van der Waals surface area contributed by atoms with Gasteiger partial charge in [0.1, 0.15) is 0 Å². The van der Waals surface area contributed by atoms with E-state index < -0.39 is 0 Å². The number of hydrogen-bond acceptors (Lipinski definition) is 2. The number of hydrogen-bond donors (Lipinski definition) is 0. The van der Waals surface area contributed by atoms with Gasteiger partial charge in [0.2, 0.25) is 0 Å². The first-order valence-corrected chi connectivity index (χ1v) is 21.0. The van der Waals surface area contributed by atoms with Gasteiger partial charge in [-0.3, -0.25) is 4.79 Å². The van der Waals surface area contributed by atoms with Crippen LogP contribution in [-0.4, -0.2) is 12.6 Å². The summed E-state index contributed by atoms with van der Waals surface area (Å²) in [5, 5.41) is 0. The maximum atomic E-state index is 11.7. The van der Waals surface area contributed by atoms with Crippen molar-refractivity contribution in [1.82, 2.24) is 0 Å². The molecule has 0 saturated heterocycles. The molecule has 2 heteroatoms. The lowest BCUT2D eigenvalue weighted by Gasteiger charge is -2.05. The van der Waals surface area contributed by atoms with Crippen LogP contribution in [0.1, 0.15) is 258 Å². The van der Waals surface area contributed by atoms with Gasteiger partial charge in [0.05, 0.1) is 6.61 Å². The molecule has 0 radical (unpaired) electrons. The number of ether oxygens (including phenoxy) is 1. The first-order valence-electron chi connectivity index (χ1n) is 21.0. The van der Waals surface area contributed by atoms with Crippen LogP contribution in [0.15, 0.2) is 0 Å². The highest BCUT2D eigenvalue weighted by molar-refractivity contribution is 5.69. The van der Waals surface area contributed by atoms with Gasteiger partial charge in [-0.1, -0.05) is 239 Å². The Hall–Kier alpha value is -0.530. The van der Waals surface area contributed by atoms with Crippen LogP contribution in [0.3, 0.4) is 0 Å². The average Bonchev–Trinajstić information content (AvgIpc) is 3.03. The molecule has 44 heavy (non-hydrogen) atoms. The van der Waals surface area contributed by atoms with Gasteiger partial charge in [-0.2, -0.15) is 0 Å². The minimum Gasteiger partial charge on any atom is -0.466 e. The number of carbonyl (C=O) groups excluding carboxylic acids is 1. The molecule has 0 aromatic carbocycles. The summed E-state index contributed by atoms with van der Waals surface area (Å²) >= 11 is 0. The van der Waals surface area contributed by atoms with Gasteiger partial charge in [0.15, 0.2) is 0 Å². The highest BCUT2D eigenvalue weighted by Crippen LogP contribution is 2.17. The van der Waals surface area contributed by atoms with Crippen molar-refractivity contribution in [2.75, 3.05) is 6.61 Å². The molecular weight excluding hydrogens is 536 g/mol. The van der Waals surface area contributed by atoms with Crippen LogP contribution in [0.2, 0.25) is 0 Å². The summed E-state index contributed by atoms with van der Waals surface area (Å²) in [5.74, 6) is 0.0160. The zero-order valence-corrected chi connectivity index (χ0v) is 30.9. The standard InChI is InChI=1S/C42H84O2/c1-3-5-7-9-10-11-12-13-14-15-16-17-18-19-20-21-22-23-24-25-26-27-28-29-30-31-32-33-34-35-37-39-41-44-42(43)40-38-36-8-6-4-2/h3-41H2,1-2H3. The second kappa shape index (κ2) is 40.5. The third-order valence-corrected chi connectivity index (χ3v) is 9.75. The van der Waals surface area contributed by atoms with Crippen LogP contribution in [0.4, 0.5) is 0 Å². The molecule has 2 nitrogen and oxygen atoms in total. The summed E-state index contributed by atoms with van der Waals surface area (Å²) in [6, 6.07) is 0. The van der Waals surface area contributed by atoms with Crippen molar-refractivity contribution in [2.45, 2.75) is 258 Å². The maximum Gasteiger partial charge on any atom is 0.305 e. The fraction of sp³-hybridized carbons (Fsp3) is 0.976. The Morgan fingerprint density at radius 2 is 0.500 bits per heavy atom. The monoisotopic (exact) mass is 621 g/mol. The Balaban J connectivity index is 3.08. The molecule has 0 atom stereocenters. The summed E-state index contributed by atoms with van der Waals surface area (Å²) in [6.45, 7) is 5.16. The molecule has 0 aromatic rings. The van der Waals surface area contributed by atoms with Crippen molar-refractivity contribution < 1.29 is 9.53 Å².